The molecule has 1 aromatic carbocycles. The van der Waals surface area contributed by atoms with E-state index in [2.05, 4.69) is 10.3 Å². The molecule has 0 saturated heterocycles. The van der Waals surface area contributed by atoms with E-state index in [1.165, 1.54) is 0 Å². The third-order valence-electron chi connectivity index (χ3n) is 2.51. The zero-order valence-electron chi connectivity index (χ0n) is 9.39. The van der Waals surface area contributed by atoms with Gasteiger partial charge in [-0.1, -0.05) is 24.3 Å². The Hall–Kier alpha value is -1.94. The standard InChI is InChI=1S/C13H14N2O2/c16-9-3-7-15-13(17)12-11-5-2-1-4-10(11)6-8-14-12/h1-2,4-6,8,16H,3,7,9H2,(H,15,17). The van der Waals surface area contributed by atoms with E-state index >= 15 is 0 Å². The van der Waals surface area contributed by atoms with Gasteiger partial charge in [0.25, 0.3) is 5.91 Å². The average molecular weight is 230 g/mol. The van der Waals surface area contributed by atoms with Gasteiger partial charge in [-0.05, 0) is 17.9 Å². The van der Waals surface area contributed by atoms with Crippen LogP contribution >= 0.6 is 0 Å². The molecule has 1 amide bonds. The molecule has 0 aliphatic heterocycles. The highest BCUT2D eigenvalue weighted by molar-refractivity contribution is 6.05. The predicted octanol–water partition coefficient (Wildman–Crippen LogP) is 1.35. The van der Waals surface area contributed by atoms with Crippen LogP contribution in [0.25, 0.3) is 10.8 Å². The van der Waals surface area contributed by atoms with E-state index in [1.54, 1.807) is 6.20 Å². The summed E-state index contributed by atoms with van der Waals surface area (Å²) in [4.78, 5) is 16.0. The first-order chi connectivity index (χ1) is 8.33. The van der Waals surface area contributed by atoms with Crippen LogP contribution < -0.4 is 5.32 Å². The molecule has 88 valence electrons. The number of fused-ring (bicyclic) bond motifs is 1. The Bertz CT molecular complexity index is 520. The van der Waals surface area contributed by atoms with Gasteiger partial charge in [0.15, 0.2) is 0 Å². The first-order valence-corrected chi connectivity index (χ1v) is 5.56. The highest BCUT2D eigenvalue weighted by Crippen LogP contribution is 2.15. The Labute approximate surface area is 99.3 Å². The monoisotopic (exact) mass is 230 g/mol. The molecule has 0 fully saturated rings. The molecule has 2 rings (SSSR count). The minimum absolute atomic E-state index is 0.0727. The van der Waals surface area contributed by atoms with Crippen molar-refractivity contribution in [1.82, 2.24) is 10.3 Å². The fourth-order valence-corrected chi connectivity index (χ4v) is 1.67. The van der Waals surface area contributed by atoms with Crippen LogP contribution in [0.2, 0.25) is 0 Å². The molecule has 1 heterocycles. The highest BCUT2D eigenvalue weighted by atomic mass is 16.3. The smallest absolute Gasteiger partial charge is 0.270 e. The van der Waals surface area contributed by atoms with Crippen molar-refractivity contribution in [3.05, 3.63) is 42.2 Å². The third kappa shape index (κ3) is 2.60. The zero-order chi connectivity index (χ0) is 12.1. The van der Waals surface area contributed by atoms with Crippen molar-refractivity contribution in [3.8, 4) is 0 Å². The normalized spacial score (nSPS) is 10.4. The zero-order valence-corrected chi connectivity index (χ0v) is 9.39. The molecule has 0 radical (unpaired) electrons. The van der Waals surface area contributed by atoms with Crippen molar-refractivity contribution in [3.63, 3.8) is 0 Å². The first kappa shape index (κ1) is 11.5. The van der Waals surface area contributed by atoms with Crippen LogP contribution in [0.15, 0.2) is 36.5 Å². The molecule has 17 heavy (non-hydrogen) atoms. The maximum atomic E-state index is 11.9. The lowest BCUT2D eigenvalue weighted by Gasteiger charge is -2.06. The number of benzene rings is 1. The number of nitrogens with zero attached hydrogens (tertiary/aromatic N) is 1. The summed E-state index contributed by atoms with van der Waals surface area (Å²) in [5.74, 6) is -0.199. The van der Waals surface area contributed by atoms with E-state index < -0.39 is 0 Å². The summed E-state index contributed by atoms with van der Waals surface area (Å²) in [6, 6.07) is 9.51. The quantitative estimate of drug-likeness (QED) is 0.779. The van der Waals surface area contributed by atoms with E-state index in [0.29, 0.717) is 18.7 Å². The predicted molar refractivity (Wildman–Crippen MR) is 65.8 cm³/mol. The van der Waals surface area contributed by atoms with Gasteiger partial charge in [0.2, 0.25) is 0 Å². The SMILES string of the molecule is O=C(NCCCO)c1nccc2ccccc12. The number of carbonyl (C=O) groups is 1. The lowest BCUT2D eigenvalue weighted by Crippen LogP contribution is -2.26. The molecule has 0 aliphatic rings. The summed E-state index contributed by atoms with van der Waals surface area (Å²) in [5.41, 5.74) is 0.432. The van der Waals surface area contributed by atoms with E-state index in [4.69, 9.17) is 5.11 Å². The van der Waals surface area contributed by atoms with E-state index in [1.807, 2.05) is 30.3 Å². The van der Waals surface area contributed by atoms with Crippen LogP contribution in [-0.2, 0) is 0 Å². The van der Waals surface area contributed by atoms with Gasteiger partial charge in [-0.2, -0.15) is 0 Å². The molecular formula is C13H14N2O2. The van der Waals surface area contributed by atoms with Crippen LogP contribution in [0.1, 0.15) is 16.9 Å². The molecule has 0 atom stereocenters. The second kappa shape index (κ2) is 5.41. The van der Waals surface area contributed by atoms with Crippen molar-refractivity contribution in [1.29, 1.82) is 0 Å². The number of nitrogens with one attached hydrogen (secondary N) is 1. The van der Waals surface area contributed by atoms with Crippen molar-refractivity contribution >= 4 is 16.7 Å². The van der Waals surface area contributed by atoms with Gasteiger partial charge < -0.3 is 10.4 Å². The molecule has 2 aromatic rings. The number of pyridine rings is 1. The Morgan fingerprint density at radius 1 is 1.29 bits per heavy atom. The van der Waals surface area contributed by atoms with Crippen LogP contribution in [0.3, 0.4) is 0 Å². The first-order valence-electron chi connectivity index (χ1n) is 5.56. The van der Waals surface area contributed by atoms with Crippen LogP contribution in [-0.4, -0.2) is 29.1 Å². The summed E-state index contributed by atoms with van der Waals surface area (Å²) in [7, 11) is 0. The second-order valence-electron chi connectivity index (χ2n) is 3.71. The molecule has 0 saturated carbocycles. The molecule has 4 heteroatoms. The number of aliphatic hydroxyl groups excluding tert-OH is 1. The number of rotatable bonds is 4. The van der Waals surface area contributed by atoms with E-state index in [9.17, 15) is 4.79 Å². The van der Waals surface area contributed by atoms with Crippen LogP contribution in [0, 0.1) is 0 Å². The Balaban J connectivity index is 2.26. The molecule has 0 aliphatic carbocycles. The minimum atomic E-state index is -0.199. The minimum Gasteiger partial charge on any atom is -0.396 e. The lowest BCUT2D eigenvalue weighted by atomic mass is 10.1. The number of carbonyl (C=O) groups excluding carboxylic acids is 1. The number of aromatic nitrogens is 1. The van der Waals surface area contributed by atoms with Crippen molar-refractivity contribution in [2.45, 2.75) is 6.42 Å². The maximum Gasteiger partial charge on any atom is 0.270 e. The summed E-state index contributed by atoms with van der Waals surface area (Å²) < 4.78 is 0. The Kier molecular flexibility index (Phi) is 3.67. The molecule has 0 spiro atoms. The van der Waals surface area contributed by atoms with Gasteiger partial charge in [-0.25, -0.2) is 0 Å². The molecule has 0 bridgehead atoms. The van der Waals surface area contributed by atoms with Gasteiger partial charge in [0, 0.05) is 24.7 Å². The topological polar surface area (TPSA) is 62.2 Å². The van der Waals surface area contributed by atoms with Gasteiger partial charge in [-0.3, -0.25) is 9.78 Å². The number of hydrogen-bond donors (Lipinski definition) is 2. The highest BCUT2D eigenvalue weighted by Gasteiger charge is 2.10. The fourth-order valence-electron chi connectivity index (χ4n) is 1.67. The van der Waals surface area contributed by atoms with Crippen molar-refractivity contribution < 1.29 is 9.90 Å². The molecule has 0 unspecified atom stereocenters. The largest absolute Gasteiger partial charge is 0.396 e. The lowest BCUT2D eigenvalue weighted by molar-refractivity contribution is 0.0948. The van der Waals surface area contributed by atoms with Gasteiger partial charge in [-0.15, -0.1) is 0 Å². The van der Waals surface area contributed by atoms with Gasteiger partial charge in [0.1, 0.15) is 5.69 Å². The summed E-state index contributed by atoms with van der Waals surface area (Å²) in [6.07, 6.45) is 2.18. The fraction of sp³-hybridized carbons (Fsp3) is 0.231. The van der Waals surface area contributed by atoms with Crippen LogP contribution in [0.5, 0.6) is 0 Å². The third-order valence-corrected chi connectivity index (χ3v) is 2.51. The average Bonchev–Trinajstić information content (AvgIpc) is 2.38. The summed E-state index contributed by atoms with van der Waals surface area (Å²) in [6.45, 7) is 0.531. The van der Waals surface area contributed by atoms with E-state index in [0.717, 1.165) is 10.8 Å². The molecular weight excluding hydrogens is 216 g/mol. The Morgan fingerprint density at radius 3 is 2.94 bits per heavy atom. The number of amides is 1. The van der Waals surface area contributed by atoms with E-state index in [-0.39, 0.29) is 12.5 Å². The van der Waals surface area contributed by atoms with Crippen molar-refractivity contribution in [2.24, 2.45) is 0 Å². The molecule has 2 N–H and O–H groups in total. The van der Waals surface area contributed by atoms with Gasteiger partial charge in [0.05, 0.1) is 0 Å². The number of hydrogen-bond acceptors (Lipinski definition) is 3. The summed E-state index contributed by atoms with van der Waals surface area (Å²) >= 11 is 0. The van der Waals surface area contributed by atoms with Crippen molar-refractivity contribution in [2.75, 3.05) is 13.2 Å². The summed E-state index contributed by atoms with van der Waals surface area (Å²) in [5, 5.41) is 13.2. The van der Waals surface area contributed by atoms with Gasteiger partial charge >= 0.3 is 0 Å². The Morgan fingerprint density at radius 2 is 2.12 bits per heavy atom. The molecule has 4 nitrogen and oxygen atoms in total. The second-order valence-corrected chi connectivity index (χ2v) is 3.71. The van der Waals surface area contributed by atoms with Crippen LogP contribution in [0.4, 0.5) is 0 Å². The number of aliphatic hydroxyl groups is 1. The maximum absolute atomic E-state index is 11.9. The molecule has 1 aromatic heterocycles.